The monoisotopic (exact) mass is 199 g/mol. The summed E-state index contributed by atoms with van der Waals surface area (Å²) in [5.41, 5.74) is -0.513. The van der Waals surface area contributed by atoms with Crippen LogP contribution >= 0.6 is 0 Å². The van der Waals surface area contributed by atoms with E-state index < -0.39 is 5.41 Å². The molecule has 0 bridgehead atoms. The van der Waals surface area contributed by atoms with E-state index >= 15 is 0 Å². The maximum Gasteiger partial charge on any atom is 0.330 e. The van der Waals surface area contributed by atoms with Crippen LogP contribution in [0.1, 0.15) is 33.6 Å². The molecular weight excluding hydrogens is 182 g/mol. The Morgan fingerprint density at radius 3 is 2.57 bits per heavy atom. The number of hydrogen-bond donors (Lipinski definition) is 0. The molecule has 0 spiro atoms. The molecule has 1 heterocycles. The minimum atomic E-state index is -0.513. The third kappa shape index (κ3) is 3.10. The Balaban J connectivity index is 2.44. The molecule has 0 saturated carbocycles. The summed E-state index contributed by atoms with van der Waals surface area (Å²) in [6.07, 6.45) is 1.37. The first-order chi connectivity index (χ1) is 6.39. The van der Waals surface area contributed by atoms with Crippen LogP contribution in [0.25, 0.3) is 0 Å². The molecule has 0 unspecified atom stereocenters. The van der Waals surface area contributed by atoms with Crippen molar-refractivity contribution in [3.05, 3.63) is 0 Å². The van der Waals surface area contributed by atoms with Crippen LogP contribution in [0.2, 0.25) is 0 Å². The lowest BCUT2D eigenvalue weighted by atomic mass is 9.98. The third-order valence-electron chi connectivity index (χ3n) is 2.04. The van der Waals surface area contributed by atoms with Crippen LogP contribution in [0.15, 0.2) is 0 Å². The summed E-state index contributed by atoms with van der Waals surface area (Å²) in [5, 5.41) is 1.46. The van der Waals surface area contributed by atoms with E-state index in [2.05, 4.69) is 0 Å². The molecule has 0 aromatic rings. The first-order valence-electron chi connectivity index (χ1n) is 4.88. The van der Waals surface area contributed by atoms with Gasteiger partial charge in [0.05, 0.1) is 12.0 Å². The summed E-state index contributed by atoms with van der Waals surface area (Å²) in [6.45, 7) is 6.28. The van der Waals surface area contributed by atoms with Crippen molar-refractivity contribution in [1.82, 2.24) is 5.06 Å². The zero-order valence-electron chi connectivity index (χ0n) is 9.00. The predicted octanol–water partition coefficient (Wildman–Crippen LogP) is 1.16. The average Bonchev–Trinajstić information content (AvgIpc) is 2.02. The van der Waals surface area contributed by atoms with Crippen molar-refractivity contribution in [2.24, 2.45) is 5.41 Å². The molecule has 0 aromatic carbocycles. The summed E-state index contributed by atoms with van der Waals surface area (Å²) in [7, 11) is 0. The Morgan fingerprint density at radius 2 is 2.07 bits per heavy atom. The van der Waals surface area contributed by atoms with Crippen LogP contribution in [-0.4, -0.2) is 29.9 Å². The fourth-order valence-corrected chi connectivity index (χ4v) is 1.14. The number of carbonyl (C=O) groups excluding carboxylic acids is 2. The first kappa shape index (κ1) is 11.2. The van der Waals surface area contributed by atoms with Gasteiger partial charge in [-0.1, -0.05) is 0 Å². The van der Waals surface area contributed by atoms with Crippen LogP contribution in [0.4, 0.5) is 0 Å². The minimum Gasteiger partial charge on any atom is -0.367 e. The molecule has 0 amide bonds. The van der Waals surface area contributed by atoms with Gasteiger partial charge in [0.2, 0.25) is 0 Å². The summed E-state index contributed by atoms with van der Waals surface area (Å²) >= 11 is 0. The van der Waals surface area contributed by atoms with Crippen LogP contribution in [0.3, 0.4) is 0 Å². The van der Waals surface area contributed by atoms with Gasteiger partial charge in [-0.25, -0.2) is 4.79 Å². The van der Waals surface area contributed by atoms with E-state index in [1.54, 1.807) is 20.8 Å². The Bertz CT molecular complexity index is 242. The summed E-state index contributed by atoms with van der Waals surface area (Å²) in [5.74, 6) is -0.148. The third-order valence-corrected chi connectivity index (χ3v) is 2.04. The highest BCUT2D eigenvalue weighted by Crippen LogP contribution is 2.17. The Morgan fingerprint density at radius 1 is 1.43 bits per heavy atom. The molecule has 1 aliphatic rings. The zero-order chi connectivity index (χ0) is 10.8. The van der Waals surface area contributed by atoms with Crippen molar-refractivity contribution in [2.75, 3.05) is 13.1 Å². The number of hydroxylamine groups is 2. The highest BCUT2D eigenvalue weighted by molar-refractivity contribution is 5.81. The van der Waals surface area contributed by atoms with E-state index in [4.69, 9.17) is 4.84 Å². The highest BCUT2D eigenvalue weighted by atomic mass is 16.7. The van der Waals surface area contributed by atoms with Gasteiger partial charge in [-0.05, 0) is 27.2 Å². The summed E-state index contributed by atoms with van der Waals surface area (Å²) in [6, 6.07) is 0. The lowest BCUT2D eigenvalue weighted by Crippen LogP contribution is -2.40. The molecule has 1 aliphatic heterocycles. The van der Waals surface area contributed by atoms with Crippen molar-refractivity contribution in [3.63, 3.8) is 0 Å². The van der Waals surface area contributed by atoms with Crippen LogP contribution < -0.4 is 0 Å². The number of rotatable bonds is 1. The highest BCUT2D eigenvalue weighted by Gasteiger charge is 2.27. The fraction of sp³-hybridized carbons (Fsp3) is 0.800. The molecule has 0 aromatic heterocycles. The molecule has 1 rings (SSSR count). The van der Waals surface area contributed by atoms with Crippen molar-refractivity contribution in [3.8, 4) is 0 Å². The second-order valence-corrected chi connectivity index (χ2v) is 4.63. The Kier molecular flexibility index (Phi) is 3.26. The van der Waals surface area contributed by atoms with E-state index in [1.165, 1.54) is 5.06 Å². The van der Waals surface area contributed by atoms with Gasteiger partial charge in [0.25, 0.3) is 0 Å². The molecule has 0 N–H and O–H groups in total. The van der Waals surface area contributed by atoms with E-state index in [9.17, 15) is 9.59 Å². The minimum absolute atomic E-state index is 0.137. The normalized spacial score (nSPS) is 19.5. The number of ketones is 1. The molecule has 14 heavy (non-hydrogen) atoms. The molecule has 0 aliphatic carbocycles. The van der Waals surface area contributed by atoms with Crippen molar-refractivity contribution in [2.45, 2.75) is 33.6 Å². The number of Topliss-reactive ketones (excluding diaryl/α,β-unsaturated/α-hetero) is 1. The smallest absolute Gasteiger partial charge is 0.330 e. The van der Waals surface area contributed by atoms with Gasteiger partial charge in [0, 0.05) is 13.0 Å². The Labute approximate surface area is 84.2 Å². The van der Waals surface area contributed by atoms with E-state index in [1.807, 2.05) is 0 Å². The number of carbonyl (C=O) groups is 2. The zero-order valence-corrected chi connectivity index (χ0v) is 9.00. The van der Waals surface area contributed by atoms with Gasteiger partial charge in [-0.3, -0.25) is 4.79 Å². The second-order valence-electron chi connectivity index (χ2n) is 4.63. The van der Waals surface area contributed by atoms with Gasteiger partial charge in [0.15, 0.2) is 0 Å². The SMILES string of the molecule is CC(C)(C)C(=O)ON1CCCC(=O)C1. The average molecular weight is 199 g/mol. The van der Waals surface area contributed by atoms with E-state index in [-0.39, 0.29) is 18.3 Å². The van der Waals surface area contributed by atoms with Crippen molar-refractivity contribution in [1.29, 1.82) is 0 Å². The Hall–Kier alpha value is -0.900. The topological polar surface area (TPSA) is 46.6 Å². The van der Waals surface area contributed by atoms with Gasteiger partial charge < -0.3 is 4.84 Å². The van der Waals surface area contributed by atoms with Crippen LogP contribution in [0.5, 0.6) is 0 Å². The van der Waals surface area contributed by atoms with E-state index in [0.29, 0.717) is 13.0 Å². The maximum atomic E-state index is 11.5. The van der Waals surface area contributed by atoms with Crippen molar-refractivity contribution >= 4 is 11.8 Å². The molecule has 0 radical (unpaired) electrons. The predicted molar refractivity (Wildman–Crippen MR) is 51.4 cm³/mol. The van der Waals surface area contributed by atoms with Gasteiger partial charge in [-0.2, -0.15) is 0 Å². The second kappa shape index (κ2) is 4.09. The lowest BCUT2D eigenvalue weighted by molar-refractivity contribution is -0.203. The molecule has 80 valence electrons. The molecule has 1 fully saturated rings. The maximum absolute atomic E-state index is 11.5. The standard InChI is InChI=1S/C10H17NO3/c1-10(2,3)9(13)14-11-6-4-5-8(12)7-11/h4-7H2,1-3H3. The van der Waals surface area contributed by atoms with Gasteiger partial charge in [0.1, 0.15) is 5.78 Å². The largest absolute Gasteiger partial charge is 0.367 e. The van der Waals surface area contributed by atoms with Crippen molar-refractivity contribution < 1.29 is 14.4 Å². The number of piperidine rings is 1. The molecule has 1 saturated heterocycles. The fourth-order valence-electron chi connectivity index (χ4n) is 1.14. The van der Waals surface area contributed by atoms with Crippen LogP contribution in [0, 0.1) is 5.41 Å². The molecule has 4 nitrogen and oxygen atoms in total. The van der Waals surface area contributed by atoms with E-state index in [0.717, 1.165) is 6.42 Å². The lowest BCUT2D eigenvalue weighted by Gasteiger charge is -2.27. The molecular formula is C10H17NO3. The number of hydrogen-bond acceptors (Lipinski definition) is 4. The molecule has 0 atom stereocenters. The number of nitrogens with zero attached hydrogens (tertiary/aromatic N) is 1. The molecule has 4 heteroatoms. The summed E-state index contributed by atoms with van der Waals surface area (Å²) < 4.78 is 0. The van der Waals surface area contributed by atoms with Crippen LogP contribution in [-0.2, 0) is 14.4 Å². The summed E-state index contributed by atoms with van der Waals surface area (Å²) in [4.78, 5) is 27.6. The van der Waals surface area contributed by atoms with Gasteiger partial charge >= 0.3 is 5.97 Å². The van der Waals surface area contributed by atoms with Gasteiger partial charge in [-0.15, -0.1) is 5.06 Å². The quantitative estimate of drug-likeness (QED) is 0.635. The first-order valence-corrected chi connectivity index (χ1v) is 4.88.